The Bertz CT molecular complexity index is 375. The molecule has 2 fully saturated rings. The van der Waals surface area contributed by atoms with Crippen LogP contribution >= 0.6 is 0 Å². The lowest BCUT2D eigenvalue weighted by Crippen LogP contribution is -2.53. The molecule has 4 unspecified atom stereocenters. The maximum Gasteiger partial charge on any atom is 0.108 e. The fourth-order valence-corrected chi connectivity index (χ4v) is 4.18. The molecule has 0 amide bonds. The Morgan fingerprint density at radius 1 is 1.38 bits per heavy atom. The zero-order valence-electron chi connectivity index (χ0n) is 14.2. The van der Waals surface area contributed by atoms with E-state index in [0.717, 1.165) is 38.3 Å². The first kappa shape index (κ1) is 16.7. The van der Waals surface area contributed by atoms with Crippen LogP contribution in [0.3, 0.4) is 0 Å². The van der Waals surface area contributed by atoms with E-state index in [1.165, 1.54) is 19.4 Å². The van der Waals surface area contributed by atoms with Gasteiger partial charge in [0.25, 0.3) is 0 Å². The van der Waals surface area contributed by atoms with E-state index in [0.29, 0.717) is 12.1 Å². The molecule has 1 saturated heterocycles. The molecule has 1 heterocycles. The van der Waals surface area contributed by atoms with Crippen LogP contribution < -0.4 is 5.32 Å². The smallest absolute Gasteiger partial charge is 0.108 e. The standard InChI is InChI=1S/C17H32N4/c1-5-9-19-17(13-18)8-6-7-15(10-17)21-11-14(2)16(12-21)20(3)4/h14-16,19H,5-12H2,1-4H3. The van der Waals surface area contributed by atoms with Gasteiger partial charge in [0.05, 0.1) is 6.07 Å². The molecule has 1 aliphatic heterocycles. The number of hydrogen-bond acceptors (Lipinski definition) is 4. The summed E-state index contributed by atoms with van der Waals surface area (Å²) < 4.78 is 0. The Labute approximate surface area is 130 Å². The van der Waals surface area contributed by atoms with Crippen molar-refractivity contribution in [3.05, 3.63) is 0 Å². The quantitative estimate of drug-likeness (QED) is 0.842. The number of hydrogen-bond donors (Lipinski definition) is 1. The van der Waals surface area contributed by atoms with E-state index in [4.69, 9.17) is 0 Å². The van der Waals surface area contributed by atoms with Crippen molar-refractivity contribution in [2.75, 3.05) is 33.7 Å². The normalized spacial score (nSPS) is 37.8. The first-order valence-corrected chi connectivity index (χ1v) is 8.58. The summed E-state index contributed by atoms with van der Waals surface area (Å²) in [6.07, 6.45) is 5.53. The maximum atomic E-state index is 9.68. The van der Waals surface area contributed by atoms with Crippen molar-refractivity contribution in [3.8, 4) is 6.07 Å². The van der Waals surface area contributed by atoms with Crippen molar-refractivity contribution >= 4 is 0 Å². The first-order chi connectivity index (χ1) is 10.0. The summed E-state index contributed by atoms with van der Waals surface area (Å²) >= 11 is 0. The van der Waals surface area contributed by atoms with E-state index in [9.17, 15) is 5.26 Å². The predicted molar refractivity (Wildman–Crippen MR) is 87.1 cm³/mol. The van der Waals surface area contributed by atoms with Gasteiger partial charge in [0.1, 0.15) is 5.54 Å². The summed E-state index contributed by atoms with van der Waals surface area (Å²) in [6.45, 7) is 7.83. The van der Waals surface area contributed by atoms with Gasteiger partial charge in [0.2, 0.25) is 0 Å². The van der Waals surface area contributed by atoms with Crippen molar-refractivity contribution < 1.29 is 0 Å². The van der Waals surface area contributed by atoms with Crippen molar-refractivity contribution in [1.29, 1.82) is 5.26 Å². The van der Waals surface area contributed by atoms with Crippen LogP contribution in [0.25, 0.3) is 0 Å². The molecule has 0 spiro atoms. The van der Waals surface area contributed by atoms with Crippen molar-refractivity contribution in [3.63, 3.8) is 0 Å². The highest BCUT2D eigenvalue weighted by atomic mass is 15.3. The topological polar surface area (TPSA) is 42.3 Å². The number of nitrogens with one attached hydrogen (secondary N) is 1. The minimum atomic E-state index is -0.279. The highest BCUT2D eigenvalue weighted by Gasteiger charge is 2.41. The molecule has 0 bridgehead atoms. The van der Waals surface area contributed by atoms with Crippen molar-refractivity contribution in [1.82, 2.24) is 15.1 Å². The van der Waals surface area contributed by atoms with Gasteiger partial charge in [-0.1, -0.05) is 13.8 Å². The van der Waals surface area contributed by atoms with Gasteiger partial charge in [-0.05, 0) is 58.7 Å². The second-order valence-corrected chi connectivity index (χ2v) is 7.33. The fraction of sp³-hybridized carbons (Fsp3) is 0.941. The molecular weight excluding hydrogens is 260 g/mol. The summed E-state index contributed by atoms with van der Waals surface area (Å²) in [5.74, 6) is 0.724. The van der Waals surface area contributed by atoms with Crippen molar-refractivity contribution in [2.45, 2.75) is 63.6 Å². The third kappa shape index (κ3) is 3.77. The van der Waals surface area contributed by atoms with Crippen LogP contribution in [0.4, 0.5) is 0 Å². The summed E-state index contributed by atoms with van der Waals surface area (Å²) in [5, 5.41) is 13.2. The van der Waals surface area contributed by atoms with Crippen LogP contribution in [-0.2, 0) is 0 Å². The molecule has 2 rings (SSSR count). The van der Waals surface area contributed by atoms with Crippen LogP contribution in [0.2, 0.25) is 0 Å². The Morgan fingerprint density at radius 2 is 2.14 bits per heavy atom. The fourth-order valence-electron chi connectivity index (χ4n) is 4.18. The lowest BCUT2D eigenvalue weighted by Gasteiger charge is -2.40. The second kappa shape index (κ2) is 7.09. The first-order valence-electron chi connectivity index (χ1n) is 8.58. The average molecular weight is 292 g/mol. The molecule has 1 saturated carbocycles. The predicted octanol–water partition coefficient (Wildman–Crippen LogP) is 2.07. The van der Waals surface area contributed by atoms with Gasteiger partial charge in [0.15, 0.2) is 0 Å². The zero-order valence-corrected chi connectivity index (χ0v) is 14.2. The second-order valence-electron chi connectivity index (χ2n) is 7.33. The largest absolute Gasteiger partial charge is 0.305 e. The molecule has 2 aliphatic rings. The third-order valence-corrected chi connectivity index (χ3v) is 5.43. The van der Waals surface area contributed by atoms with E-state index >= 15 is 0 Å². The Kier molecular flexibility index (Phi) is 5.65. The molecule has 0 aromatic heterocycles. The van der Waals surface area contributed by atoms with Crippen LogP contribution in [0.15, 0.2) is 0 Å². The zero-order chi connectivity index (χ0) is 15.5. The lowest BCUT2D eigenvalue weighted by atomic mass is 9.79. The Morgan fingerprint density at radius 3 is 2.71 bits per heavy atom. The summed E-state index contributed by atoms with van der Waals surface area (Å²) in [6, 6.07) is 3.84. The average Bonchev–Trinajstić information content (AvgIpc) is 2.88. The molecule has 4 nitrogen and oxygen atoms in total. The monoisotopic (exact) mass is 292 g/mol. The number of likely N-dealkylation sites (N-methyl/N-ethyl adjacent to an activating group) is 1. The van der Waals surface area contributed by atoms with Gasteiger partial charge in [0, 0.05) is 25.2 Å². The SMILES string of the molecule is CCCNC1(C#N)CCCC(N2CC(C)C(N(C)C)C2)C1. The molecule has 4 atom stereocenters. The van der Waals surface area contributed by atoms with Crippen molar-refractivity contribution in [2.24, 2.45) is 5.92 Å². The van der Waals surface area contributed by atoms with E-state index in [-0.39, 0.29) is 5.54 Å². The number of rotatable bonds is 5. The van der Waals surface area contributed by atoms with Crippen LogP contribution in [0, 0.1) is 17.2 Å². The molecule has 0 radical (unpaired) electrons. The van der Waals surface area contributed by atoms with Crippen LogP contribution in [0.1, 0.15) is 46.0 Å². The highest BCUT2D eigenvalue weighted by Crippen LogP contribution is 2.34. The van der Waals surface area contributed by atoms with Gasteiger partial charge >= 0.3 is 0 Å². The van der Waals surface area contributed by atoms with E-state index in [2.05, 4.69) is 49.1 Å². The number of nitrogens with zero attached hydrogens (tertiary/aromatic N) is 3. The van der Waals surface area contributed by atoms with Gasteiger partial charge in [-0.15, -0.1) is 0 Å². The molecule has 4 heteroatoms. The van der Waals surface area contributed by atoms with E-state index in [1.807, 2.05) is 0 Å². The number of likely N-dealkylation sites (tertiary alicyclic amines) is 1. The molecule has 1 N–H and O–H groups in total. The van der Waals surface area contributed by atoms with Gasteiger partial charge in [-0.3, -0.25) is 10.2 Å². The minimum absolute atomic E-state index is 0.279. The lowest BCUT2D eigenvalue weighted by molar-refractivity contribution is 0.135. The Balaban J connectivity index is 2.00. The number of nitriles is 1. The minimum Gasteiger partial charge on any atom is -0.305 e. The highest BCUT2D eigenvalue weighted by molar-refractivity contribution is 5.11. The summed E-state index contributed by atoms with van der Waals surface area (Å²) in [5.41, 5.74) is -0.279. The Hall–Kier alpha value is -0.630. The van der Waals surface area contributed by atoms with E-state index in [1.54, 1.807) is 0 Å². The summed E-state index contributed by atoms with van der Waals surface area (Å²) in [7, 11) is 4.38. The molecule has 1 aliphatic carbocycles. The molecule has 120 valence electrons. The molecular formula is C17H32N4. The van der Waals surface area contributed by atoms with Gasteiger partial charge in [-0.25, -0.2) is 0 Å². The molecule has 21 heavy (non-hydrogen) atoms. The molecule has 0 aromatic carbocycles. The third-order valence-electron chi connectivity index (χ3n) is 5.43. The molecule has 0 aromatic rings. The van der Waals surface area contributed by atoms with E-state index < -0.39 is 0 Å². The van der Waals surface area contributed by atoms with Crippen LogP contribution in [0.5, 0.6) is 0 Å². The van der Waals surface area contributed by atoms with Crippen LogP contribution in [-0.4, -0.2) is 61.2 Å². The summed E-state index contributed by atoms with van der Waals surface area (Å²) in [4.78, 5) is 5.01. The van der Waals surface area contributed by atoms with Gasteiger partial charge in [-0.2, -0.15) is 5.26 Å². The van der Waals surface area contributed by atoms with Gasteiger partial charge < -0.3 is 4.90 Å². The maximum absolute atomic E-state index is 9.68.